The van der Waals surface area contributed by atoms with Crippen molar-refractivity contribution in [1.29, 1.82) is 0 Å². The van der Waals surface area contributed by atoms with E-state index in [0.717, 1.165) is 6.07 Å². The molecule has 94 valence electrons. The number of anilines is 1. The smallest absolute Gasteiger partial charge is 0.295 e. The molecule has 1 aromatic carbocycles. The highest BCUT2D eigenvalue weighted by Crippen LogP contribution is 2.30. The Morgan fingerprint density at radius 2 is 2.18 bits per heavy atom. The highest BCUT2D eigenvalue weighted by atomic mass is 35.5. The van der Waals surface area contributed by atoms with Gasteiger partial charge < -0.3 is 10.4 Å². The first-order chi connectivity index (χ1) is 8.06. The third-order valence-corrected chi connectivity index (χ3v) is 2.43. The van der Waals surface area contributed by atoms with Crippen LogP contribution in [0.4, 0.5) is 15.8 Å². The number of hydrogen-bond acceptors (Lipinski definition) is 4. The van der Waals surface area contributed by atoms with Gasteiger partial charge >= 0.3 is 0 Å². The van der Waals surface area contributed by atoms with Crippen LogP contribution < -0.4 is 5.32 Å². The van der Waals surface area contributed by atoms with Gasteiger partial charge in [0, 0.05) is 13.2 Å². The lowest BCUT2D eigenvalue weighted by atomic mass is 10.2. The molecule has 1 aromatic rings. The number of halogens is 2. The quantitative estimate of drug-likeness (QED) is 0.469. The molecular formula is C10H12ClFN2O3. The number of benzene rings is 1. The highest BCUT2D eigenvalue weighted by molar-refractivity contribution is 6.31. The van der Waals surface area contributed by atoms with E-state index in [-0.39, 0.29) is 23.0 Å². The number of rotatable bonds is 6. The summed E-state index contributed by atoms with van der Waals surface area (Å²) in [5.74, 6) is -0.820. The number of nitro benzene ring substituents is 1. The predicted octanol–water partition coefficient (Wildman–Crippen LogP) is 2.57. The molecular weight excluding hydrogens is 251 g/mol. The fraction of sp³-hybridized carbons (Fsp3) is 0.400. The van der Waals surface area contributed by atoms with Crippen LogP contribution >= 0.6 is 11.6 Å². The number of nitrogens with zero attached hydrogens (tertiary/aromatic N) is 1. The van der Waals surface area contributed by atoms with Crippen LogP contribution in [0.1, 0.15) is 12.8 Å². The Balaban J connectivity index is 2.81. The SMILES string of the molecule is O=[N+]([O-])c1cc(F)c(Cl)cc1NCCCCO. The molecule has 5 nitrogen and oxygen atoms in total. The first-order valence-electron chi connectivity index (χ1n) is 5.04. The summed E-state index contributed by atoms with van der Waals surface area (Å²) in [7, 11) is 0. The van der Waals surface area contributed by atoms with Crippen molar-refractivity contribution in [3.63, 3.8) is 0 Å². The van der Waals surface area contributed by atoms with Crippen molar-refractivity contribution in [3.8, 4) is 0 Å². The molecule has 2 N–H and O–H groups in total. The number of unbranched alkanes of at least 4 members (excludes halogenated alkanes) is 1. The minimum absolute atomic E-state index is 0.0634. The molecule has 0 atom stereocenters. The second-order valence-corrected chi connectivity index (χ2v) is 3.81. The fourth-order valence-electron chi connectivity index (χ4n) is 1.29. The minimum atomic E-state index is -0.820. The molecule has 1 rings (SSSR count). The molecule has 0 aromatic heterocycles. The summed E-state index contributed by atoms with van der Waals surface area (Å²) in [6, 6.07) is 1.98. The molecule has 0 saturated heterocycles. The van der Waals surface area contributed by atoms with Gasteiger partial charge in [-0.15, -0.1) is 0 Å². The second kappa shape index (κ2) is 6.36. The third-order valence-electron chi connectivity index (χ3n) is 2.14. The van der Waals surface area contributed by atoms with Gasteiger partial charge in [0.15, 0.2) is 0 Å². The van der Waals surface area contributed by atoms with Crippen molar-refractivity contribution in [1.82, 2.24) is 0 Å². The zero-order valence-electron chi connectivity index (χ0n) is 8.95. The molecule has 0 fully saturated rings. The van der Waals surface area contributed by atoms with Gasteiger partial charge in [0.25, 0.3) is 5.69 Å². The van der Waals surface area contributed by atoms with Gasteiger partial charge in [-0.25, -0.2) is 4.39 Å². The summed E-state index contributed by atoms with van der Waals surface area (Å²) in [6.45, 7) is 0.511. The number of aliphatic hydroxyl groups is 1. The van der Waals surface area contributed by atoms with Crippen LogP contribution in [0, 0.1) is 15.9 Å². The van der Waals surface area contributed by atoms with Crippen LogP contribution in [0.2, 0.25) is 5.02 Å². The molecule has 0 saturated carbocycles. The van der Waals surface area contributed by atoms with Crippen molar-refractivity contribution in [2.24, 2.45) is 0 Å². The zero-order valence-corrected chi connectivity index (χ0v) is 9.71. The van der Waals surface area contributed by atoms with Crippen molar-refractivity contribution in [2.45, 2.75) is 12.8 Å². The van der Waals surface area contributed by atoms with E-state index in [1.807, 2.05) is 0 Å². The second-order valence-electron chi connectivity index (χ2n) is 3.40. The minimum Gasteiger partial charge on any atom is -0.396 e. The number of aliphatic hydroxyl groups excluding tert-OH is 1. The number of hydrogen-bond donors (Lipinski definition) is 2. The molecule has 0 aliphatic heterocycles. The standard InChI is InChI=1S/C10H12ClFN2O3/c11-7-5-9(13-3-1-2-4-15)10(14(16)17)6-8(7)12/h5-6,13,15H,1-4H2. The molecule has 0 aliphatic rings. The lowest BCUT2D eigenvalue weighted by Crippen LogP contribution is -2.05. The van der Waals surface area contributed by atoms with Gasteiger partial charge in [0.05, 0.1) is 16.0 Å². The molecule has 0 aliphatic carbocycles. The Bertz CT molecular complexity index is 415. The molecule has 17 heavy (non-hydrogen) atoms. The highest BCUT2D eigenvalue weighted by Gasteiger charge is 2.17. The maximum atomic E-state index is 13.1. The zero-order chi connectivity index (χ0) is 12.8. The number of nitro groups is 1. The maximum absolute atomic E-state index is 13.1. The fourth-order valence-corrected chi connectivity index (χ4v) is 1.45. The van der Waals surface area contributed by atoms with Crippen molar-refractivity contribution < 1.29 is 14.4 Å². The van der Waals surface area contributed by atoms with E-state index in [0.29, 0.717) is 19.4 Å². The van der Waals surface area contributed by atoms with E-state index in [9.17, 15) is 14.5 Å². The van der Waals surface area contributed by atoms with Crippen molar-refractivity contribution in [2.75, 3.05) is 18.5 Å². The van der Waals surface area contributed by atoms with Gasteiger partial charge in [0.1, 0.15) is 11.5 Å². The van der Waals surface area contributed by atoms with E-state index in [4.69, 9.17) is 16.7 Å². The van der Waals surface area contributed by atoms with E-state index < -0.39 is 10.7 Å². The number of nitrogens with one attached hydrogen (secondary N) is 1. The molecule has 0 amide bonds. The monoisotopic (exact) mass is 262 g/mol. The lowest BCUT2D eigenvalue weighted by Gasteiger charge is -2.07. The molecule has 0 radical (unpaired) electrons. The first kappa shape index (κ1) is 13.7. The Labute approximate surface area is 102 Å². The summed E-state index contributed by atoms with van der Waals surface area (Å²) >= 11 is 5.55. The van der Waals surface area contributed by atoms with Gasteiger partial charge in [-0.05, 0) is 18.9 Å². The van der Waals surface area contributed by atoms with Gasteiger partial charge in [-0.2, -0.15) is 0 Å². The van der Waals surface area contributed by atoms with E-state index >= 15 is 0 Å². The Morgan fingerprint density at radius 1 is 1.47 bits per heavy atom. The van der Waals surface area contributed by atoms with Gasteiger partial charge in [-0.1, -0.05) is 11.6 Å². The van der Waals surface area contributed by atoms with Gasteiger partial charge in [-0.3, -0.25) is 10.1 Å². The van der Waals surface area contributed by atoms with Gasteiger partial charge in [0.2, 0.25) is 0 Å². The van der Waals surface area contributed by atoms with Crippen LogP contribution in [-0.4, -0.2) is 23.2 Å². The Hall–Kier alpha value is -1.40. The molecule has 0 heterocycles. The van der Waals surface area contributed by atoms with Crippen molar-refractivity contribution in [3.05, 3.63) is 33.1 Å². The van der Waals surface area contributed by atoms with Crippen molar-refractivity contribution >= 4 is 23.0 Å². The average Bonchev–Trinajstić information content (AvgIpc) is 2.28. The van der Waals surface area contributed by atoms with Crippen LogP contribution in [0.25, 0.3) is 0 Å². The largest absolute Gasteiger partial charge is 0.396 e. The summed E-state index contributed by atoms with van der Waals surface area (Å²) < 4.78 is 13.1. The normalized spacial score (nSPS) is 10.3. The van der Waals surface area contributed by atoms with E-state index in [1.165, 1.54) is 6.07 Å². The third kappa shape index (κ3) is 3.83. The maximum Gasteiger partial charge on any atom is 0.295 e. The molecule has 7 heteroatoms. The summed E-state index contributed by atoms with van der Waals surface area (Å²) in [4.78, 5) is 10.0. The topological polar surface area (TPSA) is 75.4 Å². The van der Waals surface area contributed by atoms with Crippen LogP contribution in [0.15, 0.2) is 12.1 Å². The molecule has 0 unspecified atom stereocenters. The first-order valence-corrected chi connectivity index (χ1v) is 5.42. The van der Waals surface area contributed by atoms with Crippen LogP contribution in [-0.2, 0) is 0 Å². The lowest BCUT2D eigenvalue weighted by molar-refractivity contribution is -0.384. The Kier molecular flexibility index (Phi) is 5.11. The predicted molar refractivity (Wildman–Crippen MR) is 62.9 cm³/mol. The summed E-state index contributed by atoms with van der Waals surface area (Å²) in [5, 5.41) is 21.9. The summed E-state index contributed by atoms with van der Waals surface area (Å²) in [5.41, 5.74) is -0.171. The van der Waals surface area contributed by atoms with E-state index in [1.54, 1.807) is 0 Å². The average molecular weight is 263 g/mol. The Morgan fingerprint density at radius 3 is 2.76 bits per heavy atom. The van der Waals surface area contributed by atoms with Crippen LogP contribution in [0.5, 0.6) is 0 Å². The molecule has 0 bridgehead atoms. The van der Waals surface area contributed by atoms with Crippen LogP contribution in [0.3, 0.4) is 0 Å². The summed E-state index contributed by atoms with van der Waals surface area (Å²) in [6.07, 6.45) is 1.25. The molecule has 0 spiro atoms. The van der Waals surface area contributed by atoms with E-state index in [2.05, 4.69) is 5.32 Å².